The molecule has 2 heterocycles. The van der Waals surface area contributed by atoms with Gasteiger partial charge in [0, 0.05) is 89.3 Å². The summed E-state index contributed by atoms with van der Waals surface area (Å²) in [6.45, 7) is 0. The molecule has 0 aliphatic carbocycles. The first-order valence-electron chi connectivity index (χ1n) is 24.8. The first-order valence-corrected chi connectivity index (χ1v) is 24.8. The number of carbonyl (C=O) groups is 2. The summed E-state index contributed by atoms with van der Waals surface area (Å²) in [4.78, 5) is 33.6. The molecular weight excluding hydrogens is 905 g/mol. The molecule has 0 aliphatic heterocycles. The highest BCUT2D eigenvalue weighted by Crippen LogP contribution is 2.42. The van der Waals surface area contributed by atoms with Crippen LogP contribution in [0.5, 0.6) is 0 Å². The van der Waals surface area contributed by atoms with E-state index < -0.39 is 0 Å². The Morgan fingerprint density at radius 3 is 0.932 bits per heavy atom. The fourth-order valence-corrected chi connectivity index (χ4v) is 10.7. The Hall–Kier alpha value is -10.0. The van der Waals surface area contributed by atoms with Crippen LogP contribution in [0, 0.1) is 0 Å². The van der Waals surface area contributed by atoms with E-state index in [0.29, 0.717) is 22.3 Å². The lowest BCUT2D eigenvalue weighted by Crippen LogP contribution is -2.09. The number of fused-ring (bicyclic) bond motifs is 6. The van der Waals surface area contributed by atoms with Gasteiger partial charge in [-0.2, -0.15) is 0 Å². The average molecular weight is 951 g/mol. The summed E-state index contributed by atoms with van der Waals surface area (Å²) < 4.78 is 4.46. The van der Waals surface area contributed by atoms with E-state index in [9.17, 15) is 9.59 Å². The van der Waals surface area contributed by atoms with Crippen molar-refractivity contribution in [2.75, 3.05) is 9.80 Å². The lowest BCUT2D eigenvalue weighted by Gasteiger charge is -2.25. The van der Waals surface area contributed by atoms with Crippen molar-refractivity contribution < 1.29 is 9.59 Å². The second-order valence-electron chi connectivity index (χ2n) is 18.5. The molecule has 11 aromatic carbocycles. The number of para-hydroxylation sites is 6. The van der Waals surface area contributed by atoms with Crippen LogP contribution in [-0.2, 0) is 0 Å². The van der Waals surface area contributed by atoms with Gasteiger partial charge in [0.2, 0.25) is 0 Å². The molecule has 0 fully saturated rings. The number of hydrogen-bond donors (Lipinski definition) is 0. The highest BCUT2D eigenvalue weighted by molar-refractivity contribution is 6.15. The molecule has 0 amide bonds. The summed E-state index contributed by atoms with van der Waals surface area (Å²) in [6.07, 6.45) is 0. The number of carbonyl (C=O) groups excluding carboxylic acids is 2. The molecule has 6 heteroatoms. The average Bonchev–Trinajstić information content (AvgIpc) is 4.00. The highest BCUT2D eigenvalue weighted by Gasteiger charge is 2.21. The topological polar surface area (TPSA) is 50.5 Å². The van der Waals surface area contributed by atoms with E-state index in [4.69, 9.17) is 0 Å². The van der Waals surface area contributed by atoms with Crippen molar-refractivity contribution in [2.45, 2.75) is 0 Å². The third-order valence-corrected chi connectivity index (χ3v) is 14.0. The van der Waals surface area contributed by atoms with Crippen LogP contribution in [0.25, 0.3) is 55.0 Å². The molecule has 2 aromatic heterocycles. The first kappa shape index (κ1) is 43.9. The molecule has 6 nitrogen and oxygen atoms in total. The Morgan fingerprint density at radius 1 is 0.243 bits per heavy atom. The lowest BCUT2D eigenvalue weighted by atomic mass is 9.97. The van der Waals surface area contributed by atoms with Gasteiger partial charge in [0.1, 0.15) is 0 Å². The normalized spacial score (nSPS) is 11.4. The minimum atomic E-state index is -0.164. The summed E-state index contributed by atoms with van der Waals surface area (Å²) in [6, 6.07) is 94.3. The number of benzene rings is 11. The van der Waals surface area contributed by atoms with E-state index in [-0.39, 0.29) is 11.6 Å². The van der Waals surface area contributed by atoms with Crippen molar-refractivity contribution in [3.63, 3.8) is 0 Å². The number of aromatic nitrogens is 2. The second-order valence-corrected chi connectivity index (χ2v) is 18.5. The predicted octanol–water partition coefficient (Wildman–Crippen LogP) is 17.3. The van der Waals surface area contributed by atoms with Crippen molar-refractivity contribution in [3.8, 4) is 11.4 Å². The van der Waals surface area contributed by atoms with E-state index in [1.165, 1.54) is 0 Å². The van der Waals surface area contributed by atoms with Gasteiger partial charge >= 0.3 is 0 Å². The van der Waals surface area contributed by atoms with Gasteiger partial charge in [0.05, 0.1) is 22.1 Å². The molecule has 0 N–H and O–H groups in total. The molecule has 13 rings (SSSR count). The third-order valence-electron chi connectivity index (χ3n) is 14.0. The fourth-order valence-electron chi connectivity index (χ4n) is 10.7. The summed E-state index contributed by atoms with van der Waals surface area (Å²) in [5.74, 6) is -0.329. The van der Waals surface area contributed by atoms with Crippen LogP contribution in [0.2, 0.25) is 0 Å². The van der Waals surface area contributed by atoms with Crippen molar-refractivity contribution in [1.82, 2.24) is 9.13 Å². The van der Waals surface area contributed by atoms with Crippen LogP contribution >= 0.6 is 0 Å². The number of anilines is 6. The molecule has 350 valence electrons. The van der Waals surface area contributed by atoms with E-state index in [0.717, 1.165) is 89.1 Å². The van der Waals surface area contributed by atoms with Gasteiger partial charge < -0.3 is 18.9 Å². The van der Waals surface area contributed by atoms with Crippen LogP contribution in [0.4, 0.5) is 34.1 Å². The summed E-state index contributed by atoms with van der Waals surface area (Å²) in [5.41, 5.74) is 14.1. The summed E-state index contributed by atoms with van der Waals surface area (Å²) in [7, 11) is 0. The van der Waals surface area contributed by atoms with Gasteiger partial charge in [-0.1, -0.05) is 152 Å². The van der Waals surface area contributed by atoms with E-state index >= 15 is 0 Å². The molecular formula is C68H46N4O2. The summed E-state index contributed by atoms with van der Waals surface area (Å²) >= 11 is 0. The molecule has 0 spiro atoms. The molecule has 74 heavy (non-hydrogen) atoms. The zero-order chi connectivity index (χ0) is 49.5. The quantitative estimate of drug-likeness (QED) is 0.115. The highest BCUT2D eigenvalue weighted by atomic mass is 16.1. The molecule has 0 aliphatic rings. The Bertz CT molecular complexity index is 3890. The predicted molar refractivity (Wildman–Crippen MR) is 304 cm³/mol. The van der Waals surface area contributed by atoms with Gasteiger partial charge in [-0.15, -0.1) is 0 Å². The smallest absolute Gasteiger partial charge is 0.193 e. The maximum Gasteiger partial charge on any atom is 0.193 e. The van der Waals surface area contributed by atoms with E-state index in [1.807, 2.05) is 72.8 Å². The van der Waals surface area contributed by atoms with Crippen molar-refractivity contribution >= 4 is 89.3 Å². The number of nitrogens with zero attached hydrogens (tertiary/aromatic N) is 4. The van der Waals surface area contributed by atoms with E-state index in [1.54, 1.807) is 24.3 Å². The second kappa shape index (κ2) is 18.6. The van der Waals surface area contributed by atoms with E-state index in [2.05, 4.69) is 201 Å². The van der Waals surface area contributed by atoms with Gasteiger partial charge in [-0.25, -0.2) is 0 Å². The zero-order valence-electron chi connectivity index (χ0n) is 40.2. The molecule has 0 unspecified atom stereocenters. The van der Waals surface area contributed by atoms with Gasteiger partial charge in [-0.05, 0) is 127 Å². The van der Waals surface area contributed by atoms with Gasteiger partial charge in [0.15, 0.2) is 11.6 Å². The molecule has 0 bridgehead atoms. The summed E-state index contributed by atoms with van der Waals surface area (Å²) in [5, 5.41) is 4.42. The Labute approximate surface area is 428 Å². The molecule has 13 aromatic rings. The van der Waals surface area contributed by atoms with Crippen LogP contribution < -0.4 is 9.80 Å². The van der Waals surface area contributed by atoms with Crippen LogP contribution in [-0.4, -0.2) is 20.7 Å². The van der Waals surface area contributed by atoms with Gasteiger partial charge in [-0.3, -0.25) is 9.59 Å². The number of rotatable bonds is 12. The monoisotopic (exact) mass is 950 g/mol. The molecule has 0 saturated heterocycles. The zero-order valence-corrected chi connectivity index (χ0v) is 40.2. The molecule has 0 atom stereocenters. The minimum absolute atomic E-state index is 0.164. The Balaban J connectivity index is 0.822. The van der Waals surface area contributed by atoms with Crippen molar-refractivity contribution in [3.05, 3.63) is 301 Å². The SMILES string of the molecule is O=C(c1cccc(C(=O)c2cccc(-n3c4ccccc4c4cc(N(c5ccccc5)c5ccccc5)ccc43)c2)c1)c1cccc(-n2c3ccccc3c3cc(N(c4ccccc4)c4ccccc4)ccc32)c1. The third kappa shape index (κ3) is 7.79. The van der Waals surface area contributed by atoms with Gasteiger partial charge in [0.25, 0.3) is 0 Å². The maximum atomic E-state index is 14.5. The van der Waals surface area contributed by atoms with Crippen LogP contribution in [0.3, 0.4) is 0 Å². The van der Waals surface area contributed by atoms with Crippen molar-refractivity contribution in [1.29, 1.82) is 0 Å². The lowest BCUT2D eigenvalue weighted by molar-refractivity contribution is 0.103. The maximum absolute atomic E-state index is 14.5. The standard InChI is InChI=1S/C68H46N4O2/c73-67(49-22-18-32-55(43-49)71-63-36-15-13-34-59(63)61-45-57(38-40-65(61)71)69(51-24-5-1-6-25-51)52-26-7-2-8-27-52)47-20-17-21-48(42-47)68(74)50-23-19-33-56(44-50)72-64-37-16-14-35-60(64)62-46-58(39-41-66(62)72)70(53-28-9-3-10-29-53)54-30-11-4-12-31-54/h1-46H. The Morgan fingerprint density at radius 2 is 0.554 bits per heavy atom. The Kier molecular flexibility index (Phi) is 11.1. The fraction of sp³-hybridized carbons (Fsp3) is 0. The minimum Gasteiger partial charge on any atom is -0.310 e. The molecule has 0 radical (unpaired) electrons. The number of hydrogen-bond acceptors (Lipinski definition) is 4. The van der Waals surface area contributed by atoms with Crippen LogP contribution in [0.15, 0.2) is 279 Å². The van der Waals surface area contributed by atoms with Crippen LogP contribution in [0.1, 0.15) is 31.8 Å². The largest absolute Gasteiger partial charge is 0.310 e. The van der Waals surface area contributed by atoms with Crippen molar-refractivity contribution in [2.24, 2.45) is 0 Å². The molecule has 0 saturated carbocycles. The first-order chi connectivity index (χ1) is 36.6. The number of ketones is 2.